The van der Waals surface area contributed by atoms with E-state index in [1.54, 1.807) is 25.3 Å². The maximum atomic E-state index is 13.3. The van der Waals surface area contributed by atoms with E-state index >= 15 is 0 Å². The van der Waals surface area contributed by atoms with Gasteiger partial charge in [-0.3, -0.25) is 4.90 Å². The monoisotopic (exact) mass is 417 g/mol. The molecule has 3 rings (SSSR count). The number of nitrogens with zero attached hydrogens (tertiary/aromatic N) is 3. The molecular weight excluding hydrogens is 398 g/mol. The van der Waals surface area contributed by atoms with Crippen molar-refractivity contribution >= 4 is 17.9 Å². The van der Waals surface area contributed by atoms with Crippen LogP contribution in [-0.4, -0.2) is 32.7 Å². The number of carbonyl (C=O) groups is 1. The maximum Gasteiger partial charge on any atom is 0.417 e. The van der Waals surface area contributed by atoms with Gasteiger partial charge in [-0.2, -0.15) is 13.2 Å². The zero-order valence-electron chi connectivity index (χ0n) is 15.5. The molecule has 1 aliphatic rings. The number of halogens is 4. The molecule has 1 aromatic carbocycles. The number of aromatic nitrogens is 2. The van der Waals surface area contributed by atoms with Gasteiger partial charge in [-0.15, -0.1) is 0 Å². The van der Waals surface area contributed by atoms with Crippen molar-refractivity contribution in [2.45, 2.75) is 55.6 Å². The first kappa shape index (κ1) is 20.5. The summed E-state index contributed by atoms with van der Waals surface area (Å²) in [5, 5.41) is 0.496. The van der Waals surface area contributed by atoms with Crippen LogP contribution >= 0.6 is 11.8 Å². The largest absolute Gasteiger partial charge is 0.444 e. The zero-order chi connectivity index (χ0) is 20.7. The summed E-state index contributed by atoms with van der Waals surface area (Å²) in [5.74, 6) is -0.393. The fourth-order valence-electron chi connectivity index (χ4n) is 2.72. The molecule has 1 amide bonds. The van der Waals surface area contributed by atoms with Gasteiger partial charge in [0.05, 0.1) is 23.3 Å². The van der Waals surface area contributed by atoms with E-state index in [1.165, 1.54) is 11.1 Å². The second-order valence-electron chi connectivity index (χ2n) is 7.31. The van der Waals surface area contributed by atoms with Crippen molar-refractivity contribution < 1.29 is 27.1 Å². The number of alkyl halides is 3. The molecule has 152 valence electrons. The number of carbonyl (C=O) groups excluding carboxylic acids is 1. The zero-order valence-corrected chi connectivity index (χ0v) is 16.3. The van der Waals surface area contributed by atoms with E-state index in [2.05, 4.69) is 4.98 Å². The van der Waals surface area contributed by atoms with Gasteiger partial charge in [0.15, 0.2) is 0 Å². The third-order valence-electron chi connectivity index (χ3n) is 3.94. The van der Waals surface area contributed by atoms with Crippen molar-refractivity contribution in [3.63, 3.8) is 0 Å². The lowest BCUT2D eigenvalue weighted by molar-refractivity contribution is -0.139. The van der Waals surface area contributed by atoms with E-state index in [1.807, 2.05) is 0 Å². The number of amides is 1. The molecule has 2 heterocycles. The first-order valence-electron chi connectivity index (χ1n) is 8.51. The van der Waals surface area contributed by atoms with Gasteiger partial charge in [0.25, 0.3) is 0 Å². The third-order valence-corrected chi connectivity index (χ3v) is 5.05. The van der Waals surface area contributed by atoms with Gasteiger partial charge in [0.1, 0.15) is 17.2 Å². The van der Waals surface area contributed by atoms with E-state index in [-0.39, 0.29) is 11.4 Å². The Balaban J connectivity index is 1.80. The van der Waals surface area contributed by atoms with Gasteiger partial charge in [-0.05, 0) is 39.0 Å². The molecule has 0 N–H and O–H groups in total. The molecule has 0 radical (unpaired) electrons. The first-order chi connectivity index (χ1) is 12.9. The highest BCUT2D eigenvalue weighted by molar-refractivity contribution is 7.99. The summed E-state index contributed by atoms with van der Waals surface area (Å²) in [6.07, 6.45) is -3.67. The molecule has 0 saturated carbocycles. The quantitative estimate of drug-likeness (QED) is 0.650. The van der Waals surface area contributed by atoms with E-state index in [0.717, 1.165) is 23.9 Å². The highest BCUT2D eigenvalue weighted by atomic mass is 32.2. The van der Waals surface area contributed by atoms with E-state index < -0.39 is 29.3 Å². The number of rotatable bonds is 2. The second kappa shape index (κ2) is 7.31. The van der Waals surface area contributed by atoms with Crippen molar-refractivity contribution in [1.82, 2.24) is 14.5 Å². The first-order valence-corrected chi connectivity index (χ1v) is 9.32. The van der Waals surface area contributed by atoms with Gasteiger partial charge >= 0.3 is 12.3 Å². The highest BCUT2D eigenvalue weighted by Gasteiger charge is 2.35. The van der Waals surface area contributed by atoms with Crippen LogP contribution in [-0.2, 0) is 24.0 Å². The molecule has 2 aromatic rings. The van der Waals surface area contributed by atoms with Crippen molar-refractivity contribution in [2.75, 3.05) is 6.54 Å². The van der Waals surface area contributed by atoms with Crippen molar-refractivity contribution in [3.8, 4) is 0 Å². The van der Waals surface area contributed by atoms with Gasteiger partial charge in [-0.1, -0.05) is 11.8 Å². The molecule has 5 nitrogen and oxygen atoms in total. The van der Waals surface area contributed by atoms with Crippen LogP contribution in [0.15, 0.2) is 34.3 Å². The minimum Gasteiger partial charge on any atom is -0.444 e. The van der Waals surface area contributed by atoms with Crippen LogP contribution in [0.25, 0.3) is 0 Å². The summed E-state index contributed by atoms with van der Waals surface area (Å²) in [6.45, 7) is 6.23. The molecule has 0 unspecified atom stereocenters. The fraction of sp³-hybridized carbons (Fsp3) is 0.444. The lowest BCUT2D eigenvalue weighted by Crippen LogP contribution is -2.41. The molecule has 0 saturated heterocycles. The topological polar surface area (TPSA) is 47.4 Å². The number of benzene rings is 1. The van der Waals surface area contributed by atoms with Crippen LogP contribution < -0.4 is 0 Å². The lowest BCUT2D eigenvalue weighted by atomic mass is 10.2. The smallest absolute Gasteiger partial charge is 0.417 e. The third kappa shape index (κ3) is 4.60. The van der Waals surface area contributed by atoms with Crippen molar-refractivity contribution in [3.05, 3.63) is 41.6 Å². The van der Waals surface area contributed by atoms with Crippen molar-refractivity contribution in [1.29, 1.82) is 0 Å². The Hall–Kier alpha value is -2.23. The van der Waals surface area contributed by atoms with E-state index in [0.29, 0.717) is 30.0 Å². The number of hydrogen-bond donors (Lipinski definition) is 0. The van der Waals surface area contributed by atoms with Crippen LogP contribution in [0.4, 0.5) is 22.4 Å². The Labute approximate surface area is 163 Å². The van der Waals surface area contributed by atoms with Gasteiger partial charge in [0, 0.05) is 18.0 Å². The summed E-state index contributed by atoms with van der Waals surface area (Å²) in [4.78, 5) is 17.8. The van der Waals surface area contributed by atoms with Crippen LogP contribution in [0.5, 0.6) is 0 Å². The Morgan fingerprint density at radius 1 is 1.21 bits per heavy atom. The van der Waals surface area contributed by atoms with E-state index in [4.69, 9.17) is 4.74 Å². The molecule has 0 atom stereocenters. The Kier molecular flexibility index (Phi) is 5.35. The minimum absolute atomic E-state index is 0.105. The normalized spacial score (nSPS) is 14.8. The van der Waals surface area contributed by atoms with Crippen LogP contribution in [0.2, 0.25) is 0 Å². The SMILES string of the molecule is CC(C)(C)OC(=O)N1CCn2c(Sc3ccc(F)cc3C(F)(F)F)cnc2C1. The fourth-order valence-corrected chi connectivity index (χ4v) is 3.78. The maximum absolute atomic E-state index is 13.3. The Bertz CT molecular complexity index is 890. The molecule has 28 heavy (non-hydrogen) atoms. The van der Waals surface area contributed by atoms with E-state index in [9.17, 15) is 22.4 Å². The highest BCUT2D eigenvalue weighted by Crippen LogP contribution is 2.40. The van der Waals surface area contributed by atoms with Gasteiger partial charge in [0.2, 0.25) is 0 Å². The predicted molar refractivity (Wildman–Crippen MR) is 94.4 cm³/mol. The molecule has 1 aliphatic heterocycles. The molecule has 0 spiro atoms. The standard InChI is InChI=1S/C18H19F4N3O2S/c1-17(2,3)27-16(26)24-6-7-25-14(10-24)23-9-15(25)28-13-5-4-11(19)8-12(13)18(20,21)22/h4-5,8-9H,6-7,10H2,1-3H3. The summed E-state index contributed by atoms with van der Waals surface area (Å²) < 4.78 is 60.0. The molecule has 0 fully saturated rings. The van der Waals surface area contributed by atoms with Crippen LogP contribution in [0.1, 0.15) is 32.2 Å². The molecular formula is C18H19F4N3O2S. The minimum atomic E-state index is -4.66. The summed E-state index contributed by atoms with van der Waals surface area (Å²) in [5.41, 5.74) is -1.65. The number of fused-ring (bicyclic) bond motifs is 1. The number of imidazole rings is 1. The Morgan fingerprint density at radius 3 is 2.57 bits per heavy atom. The van der Waals surface area contributed by atoms with Crippen molar-refractivity contribution in [2.24, 2.45) is 0 Å². The van der Waals surface area contributed by atoms with Gasteiger partial charge in [-0.25, -0.2) is 14.2 Å². The summed E-state index contributed by atoms with van der Waals surface area (Å²) >= 11 is 0.870. The summed E-state index contributed by atoms with van der Waals surface area (Å²) in [6, 6.07) is 2.59. The molecule has 0 bridgehead atoms. The predicted octanol–water partition coefficient (Wildman–Crippen LogP) is 4.94. The Morgan fingerprint density at radius 2 is 1.93 bits per heavy atom. The van der Waals surface area contributed by atoms with Crippen LogP contribution in [0.3, 0.4) is 0 Å². The number of hydrogen-bond acceptors (Lipinski definition) is 4. The second-order valence-corrected chi connectivity index (χ2v) is 8.37. The molecule has 1 aromatic heterocycles. The van der Waals surface area contributed by atoms with Crippen LogP contribution in [0, 0.1) is 5.82 Å². The lowest BCUT2D eigenvalue weighted by Gasteiger charge is -2.30. The number of ether oxygens (including phenoxy) is 1. The average Bonchev–Trinajstić information content (AvgIpc) is 2.96. The van der Waals surface area contributed by atoms with Gasteiger partial charge < -0.3 is 9.30 Å². The molecule has 0 aliphatic carbocycles. The molecule has 10 heteroatoms. The summed E-state index contributed by atoms with van der Waals surface area (Å²) in [7, 11) is 0. The average molecular weight is 417 g/mol.